The molecule has 0 atom stereocenters. The molecule has 0 fully saturated rings. The summed E-state index contributed by atoms with van der Waals surface area (Å²) < 4.78 is 70.8. The smallest absolute Gasteiger partial charge is 0.142 e. The summed E-state index contributed by atoms with van der Waals surface area (Å²) >= 11 is 0. The van der Waals surface area contributed by atoms with Gasteiger partial charge in [-0.2, -0.15) is 0 Å². The van der Waals surface area contributed by atoms with Crippen molar-refractivity contribution in [3.63, 3.8) is 0 Å². The molecule has 14 heteroatoms. The van der Waals surface area contributed by atoms with Gasteiger partial charge in [-0.25, -0.2) is 0 Å². The lowest BCUT2D eigenvalue weighted by molar-refractivity contribution is -0.0284. The maximum Gasteiger partial charge on any atom is 0.142 e. The summed E-state index contributed by atoms with van der Waals surface area (Å²) in [5.41, 5.74) is 6.44. The van der Waals surface area contributed by atoms with E-state index in [0.29, 0.717) is 177 Å². The topological polar surface area (TPSA) is 146 Å². The average molecular weight is 666 g/mol. The van der Waals surface area contributed by atoms with Crippen molar-refractivity contribution in [1.82, 2.24) is 0 Å². The minimum absolute atomic E-state index is 0.438. The first-order valence-electron chi connectivity index (χ1n) is 16.2. The van der Waals surface area contributed by atoms with Crippen LogP contribution in [0.3, 0.4) is 0 Å². The largest absolute Gasteiger partial charge is 0.489 e. The van der Waals surface area contributed by atoms with Gasteiger partial charge in [0.05, 0.1) is 158 Å². The Hall–Kier alpha value is -1.66. The first kappa shape index (κ1) is 42.4. The molecule has 0 aromatic heterocycles. The molecule has 0 saturated heterocycles. The van der Waals surface area contributed by atoms with Crippen LogP contribution in [0.4, 0.5) is 5.69 Å². The van der Waals surface area contributed by atoms with Gasteiger partial charge in [0, 0.05) is 6.61 Å². The summed E-state index contributed by atoms with van der Waals surface area (Å²) in [4.78, 5) is 0. The summed E-state index contributed by atoms with van der Waals surface area (Å²) in [7, 11) is 0. The number of hydrogen-bond acceptors (Lipinski definition) is 14. The Labute approximate surface area is 275 Å². The fraction of sp³-hybridized carbons (Fsp3) is 0.812. The van der Waals surface area contributed by atoms with Gasteiger partial charge in [0.1, 0.15) is 12.4 Å². The third-order valence-electron chi connectivity index (χ3n) is 5.70. The van der Waals surface area contributed by atoms with Crippen molar-refractivity contribution in [2.24, 2.45) is 0 Å². The number of ether oxygens (including phenoxy) is 13. The van der Waals surface area contributed by atoms with Crippen LogP contribution in [0, 0.1) is 0 Å². The zero-order chi connectivity index (χ0) is 32.9. The first-order valence-corrected chi connectivity index (χ1v) is 16.2. The Morgan fingerprint density at radius 1 is 0.348 bits per heavy atom. The van der Waals surface area contributed by atoms with Gasteiger partial charge in [-0.1, -0.05) is 12.1 Å². The molecule has 0 spiro atoms. The Kier molecular flexibility index (Phi) is 33.3. The summed E-state index contributed by atoms with van der Waals surface area (Å²) in [6.45, 7) is 15.1. The second-order valence-corrected chi connectivity index (χ2v) is 9.32. The van der Waals surface area contributed by atoms with Crippen LogP contribution in [0.2, 0.25) is 0 Å². The predicted molar refractivity (Wildman–Crippen MR) is 172 cm³/mol. The van der Waals surface area contributed by atoms with Gasteiger partial charge in [-0.05, 0) is 19.1 Å². The van der Waals surface area contributed by atoms with Gasteiger partial charge in [-0.15, -0.1) is 0 Å². The van der Waals surface area contributed by atoms with E-state index in [2.05, 4.69) is 0 Å². The molecule has 0 radical (unpaired) electrons. The second-order valence-electron chi connectivity index (χ2n) is 9.32. The number of nitrogen functional groups attached to an aromatic ring is 1. The van der Waals surface area contributed by atoms with E-state index < -0.39 is 0 Å². The highest BCUT2D eigenvalue weighted by Crippen LogP contribution is 2.19. The Bertz CT molecular complexity index is 735. The van der Waals surface area contributed by atoms with Crippen LogP contribution in [0.1, 0.15) is 6.92 Å². The first-order chi connectivity index (χ1) is 22.8. The highest BCUT2D eigenvalue weighted by Gasteiger charge is 1.99. The fourth-order valence-electron chi connectivity index (χ4n) is 3.39. The number of hydrogen-bond donors (Lipinski definition) is 1. The molecular formula is C32H59NO13. The van der Waals surface area contributed by atoms with Crippen molar-refractivity contribution in [2.75, 3.05) is 171 Å². The number of rotatable bonds is 38. The molecule has 0 heterocycles. The van der Waals surface area contributed by atoms with E-state index in [1.165, 1.54) is 0 Å². The van der Waals surface area contributed by atoms with Gasteiger partial charge >= 0.3 is 0 Å². The van der Waals surface area contributed by atoms with Gasteiger partial charge < -0.3 is 67.3 Å². The fourth-order valence-corrected chi connectivity index (χ4v) is 3.39. The molecule has 0 aliphatic heterocycles. The minimum atomic E-state index is 0.438. The molecule has 0 aliphatic rings. The molecular weight excluding hydrogens is 606 g/mol. The van der Waals surface area contributed by atoms with Crippen LogP contribution in [0.15, 0.2) is 24.3 Å². The maximum absolute atomic E-state index is 5.82. The highest BCUT2D eigenvalue weighted by molar-refractivity contribution is 5.51. The molecule has 2 N–H and O–H groups in total. The zero-order valence-electron chi connectivity index (χ0n) is 27.9. The van der Waals surface area contributed by atoms with Crippen LogP contribution >= 0.6 is 0 Å². The molecule has 14 nitrogen and oxygen atoms in total. The summed E-state index contributed by atoms with van der Waals surface area (Å²) in [5.74, 6) is 0.668. The third-order valence-corrected chi connectivity index (χ3v) is 5.70. The van der Waals surface area contributed by atoms with Crippen molar-refractivity contribution < 1.29 is 61.6 Å². The number of benzene rings is 1. The van der Waals surface area contributed by atoms with E-state index in [1.807, 2.05) is 25.1 Å². The molecule has 1 aromatic carbocycles. The van der Waals surface area contributed by atoms with Crippen molar-refractivity contribution in [3.8, 4) is 5.75 Å². The lowest BCUT2D eigenvalue weighted by atomic mass is 10.3. The standard InChI is InChI=1S/C32H59NO13/c1-2-34-7-8-35-9-10-36-11-12-37-13-14-38-15-16-39-17-18-40-19-20-41-21-22-42-23-24-43-25-26-44-27-28-45-29-30-46-32-6-4-3-5-31(32)33/h3-6H,2,7-30,33H2,1H3. The summed E-state index contributed by atoms with van der Waals surface area (Å²) in [5, 5.41) is 0. The van der Waals surface area contributed by atoms with E-state index in [0.717, 1.165) is 0 Å². The van der Waals surface area contributed by atoms with E-state index in [4.69, 9.17) is 67.3 Å². The van der Waals surface area contributed by atoms with Gasteiger partial charge in [0.25, 0.3) is 0 Å². The Morgan fingerprint density at radius 2 is 0.587 bits per heavy atom. The van der Waals surface area contributed by atoms with Gasteiger partial charge in [0.15, 0.2) is 0 Å². The van der Waals surface area contributed by atoms with E-state index in [9.17, 15) is 0 Å². The molecule has 0 saturated carbocycles. The summed E-state index contributed by atoms with van der Waals surface area (Å²) in [6, 6.07) is 7.38. The predicted octanol–water partition coefficient (Wildman–Crippen LogP) is 1.87. The highest BCUT2D eigenvalue weighted by atomic mass is 16.6. The van der Waals surface area contributed by atoms with Gasteiger partial charge in [0.2, 0.25) is 0 Å². The molecule has 270 valence electrons. The number of para-hydroxylation sites is 2. The van der Waals surface area contributed by atoms with Crippen LogP contribution in [-0.2, 0) is 56.8 Å². The van der Waals surface area contributed by atoms with Crippen molar-refractivity contribution in [2.45, 2.75) is 6.92 Å². The van der Waals surface area contributed by atoms with E-state index >= 15 is 0 Å². The quantitative estimate of drug-likeness (QED) is 0.0810. The number of nitrogens with two attached hydrogens (primary N) is 1. The van der Waals surface area contributed by atoms with Crippen LogP contribution in [0.25, 0.3) is 0 Å². The molecule has 0 unspecified atom stereocenters. The Morgan fingerprint density at radius 3 is 0.848 bits per heavy atom. The van der Waals surface area contributed by atoms with Crippen molar-refractivity contribution in [1.29, 1.82) is 0 Å². The van der Waals surface area contributed by atoms with Crippen molar-refractivity contribution in [3.05, 3.63) is 24.3 Å². The van der Waals surface area contributed by atoms with Crippen molar-refractivity contribution >= 4 is 5.69 Å². The van der Waals surface area contributed by atoms with Crippen LogP contribution in [-0.4, -0.2) is 165 Å². The monoisotopic (exact) mass is 665 g/mol. The molecule has 1 aromatic rings. The third kappa shape index (κ3) is 31.0. The Balaban J connectivity index is 1.62. The average Bonchev–Trinajstić information content (AvgIpc) is 3.07. The van der Waals surface area contributed by atoms with E-state index in [1.54, 1.807) is 6.07 Å². The second kappa shape index (κ2) is 36.2. The van der Waals surface area contributed by atoms with Gasteiger partial charge in [-0.3, -0.25) is 0 Å². The number of anilines is 1. The zero-order valence-corrected chi connectivity index (χ0v) is 27.9. The molecule has 0 aliphatic carbocycles. The maximum atomic E-state index is 5.82. The lowest BCUT2D eigenvalue weighted by Gasteiger charge is -2.10. The van der Waals surface area contributed by atoms with Crippen LogP contribution in [0.5, 0.6) is 5.75 Å². The molecule has 46 heavy (non-hydrogen) atoms. The minimum Gasteiger partial charge on any atom is -0.489 e. The molecule has 0 bridgehead atoms. The van der Waals surface area contributed by atoms with E-state index in [-0.39, 0.29) is 0 Å². The molecule has 1 rings (SSSR count). The van der Waals surface area contributed by atoms with Crippen LogP contribution < -0.4 is 10.5 Å². The lowest BCUT2D eigenvalue weighted by Crippen LogP contribution is -2.15. The SMILES string of the molecule is CCOCCOCCOCCOCCOCCOCCOCCOCCOCCOCCOCCOCCOc1ccccc1N. The summed E-state index contributed by atoms with van der Waals surface area (Å²) in [6.07, 6.45) is 0. The normalized spacial score (nSPS) is 11.4. The molecule has 0 amide bonds.